The Labute approximate surface area is 99.5 Å². The summed E-state index contributed by atoms with van der Waals surface area (Å²) in [6, 6.07) is 3.62. The molecule has 1 aromatic heterocycles. The fraction of sp³-hybridized carbons (Fsp3) is 0.545. The van der Waals surface area contributed by atoms with Gasteiger partial charge in [0.05, 0.1) is 0 Å². The first-order chi connectivity index (χ1) is 7.88. The third-order valence-corrected chi connectivity index (χ3v) is 3.71. The van der Waals surface area contributed by atoms with Gasteiger partial charge in [0.1, 0.15) is 11.8 Å². The zero-order chi connectivity index (χ0) is 11.2. The van der Waals surface area contributed by atoms with Crippen molar-refractivity contribution < 1.29 is 0 Å². The summed E-state index contributed by atoms with van der Waals surface area (Å²) in [6.45, 7) is 0.912. The largest absolute Gasteiger partial charge is 0.354 e. The van der Waals surface area contributed by atoms with Crippen LogP contribution in [0.1, 0.15) is 18.5 Å². The van der Waals surface area contributed by atoms with Crippen LogP contribution in [-0.4, -0.2) is 28.0 Å². The van der Waals surface area contributed by atoms with E-state index < -0.39 is 0 Å². The van der Waals surface area contributed by atoms with E-state index in [4.69, 9.17) is 5.26 Å². The van der Waals surface area contributed by atoms with Crippen LogP contribution >= 0.6 is 11.8 Å². The van der Waals surface area contributed by atoms with Crippen molar-refractivity contribution in [1.82, 2.24) is 9.97 Å². The molecule has 1 aliphatic rings. The van der Waals surface area contributed by atoms with Gasteiger partial charge in [0.2, 0.25) is 5.95 Å². The Kier molecular flexibility index (Phi) is 4.00. The monoisotopic (exact) mass is 234 g/mol. The van der Waals surface area contributed by atoms with Gasteiger partial charge in [-0.2, -0.15) is 17.0 Å². The van der Waals surface area contributed by atoms with E-state index in [0.29, 0.717) is 11.6 Å². The second-order valence-electron chi connectivity index (χ2n) is 3.81. The summed E-state index contributed by atoms with van der Waals surface area (Å²) in [7, 11) is 0. The summed E-state index contributed by atoms with van der Waals surface area (Å²) >= 11 is 2.02. The number of nitrogens with one attached hydrogen (secondary N) is 1. The van der Waals surface area contributed by atoms with Crippen LogP contribution in [0.15, 0.2) is 12.3 Å². The van der Waals surface area contributed by atoms with Gasteiger partial charge in [-0.15, -0.1) is 0 Å². The first-order valence-electron chi connectivity index (χ1n) is 5.43. The highest BCUT2D eigenvalue weighted by Crippen LogP contribution is 2.22. The molecule has 2 rings (SSSR count). The molecule has 0 spiro atoms. The molecule has 0 amide bonds. The maximum atomic E-state index is 8.71. The molecule has 0 saturated carbocycles. The second kappa shape index (κ2) is 5.71. The summed E-state index contributed by atoms with van der Waals surface area (Å²) in [5.74, 6) is 3.80. The maximum Gasteiger partial charge on any atom is 0.223 e. The molecule has 0 radical (unpaired) electrons. The first-order valence-corrected chi connectivity index (χ1v) is 6.58. The van der Waals surface area contributed by atoms with Crippen LogP contribution in [0.2, 0.25) is 0 Å². The number of aromatic nitrogens is 2. The Morgan fingerprint density at radius 1 is 1.50 bits per heavy atom. The van der Waals surface area contributed by atoms with E-state index in [1.807, 2.05) is 17.8 Å². The van der Waals surface area contributed by atoms with Gasteiger partial charge in [-0.1, -0.05) is 0 Å². The van der Waals surface area contributed by atoms with Crippen molar-refractivity contribution in [1.29, 1.82) is 5.26 Å². The van der Waals surface area contributed by atoms with Gasteiger partial charge in [-0.05, 0) is 36.3 Å². The molecule has 0 atom stereocenters. The molecule has 1 saturated heterocycles. The second-order valence-corrected chi connectivity index (χ2v) is 5.04. The number of nitriles is 1. The van der Waals surface area contributed by atoms with E-state index in [2.05, 4.69) is 15.3 Å². The highest BCUT2D eigenvalue weighted by atomic mass is 32.2. The molecule has 1 N–H and O–H groups in total. The van der Waals surface area contributed by atoms with Gasteiger partial charge < -0.3 is 5.32 Å². The molecule has 0 unspecified atom stereocenters. The van der Waals surface area contributed by atoms with E-state index >= 15 is 0 Å². The molecule has 0 aliphatic carbocycles. The molecule has 0 bridgehead atoms. The van der Waals surface area contributed by atoms with Crippen LogP contribution in [0, 0.1) is 17.2 Å². The lowest BCUT2D eigenvalue weighted by Gasteiger charge is -2.21. The maximum absolute atomic E-state index is 8.71. The minimum absolute atomic E-state index is 0.414. The van der Waals surface area contributed by atoms with Crippen LogP contribution in [0.4, 0.5) is 5.95 Å². The van der Waals surface area contributed by atoms with Gasteiger partial charge in [0.25, 0.3) is 0 Å². The lowest BCUT2D eigenvalue weighted by molar-refractivity contribution is 0.514. The van der Waals surface area contributed by atoms with Gasteiger partial charge in [0, 0.05) is 12.7 Å². The summed E-state index contributed by atoms with van der Waals surface area (Å²) in [5.41, 5.74) is 0.414. The highest BCUT2D eigenvalue weighted by molar-refractivity contribution is 7.99. The Balaban J connectivity index is 1.86. The van der Waals surface area contributed by atoms with Gasteiger partial charge in [0.15, 0.2) is 0 Å². The van der Waals surface area contributed by atoms with Crippen LogP contribution < -0.4 is 5.32 Å². The number of thioether (sulfide) groups is 1. The molecular formula is C11H14N4S. The van der Waals surface area contributed by atoms with Crippen molar-refractivity contribution in [2.45, 2.75) is 12.8 Å². The highest BCUT2D eigenvalue weighted by Gasteiger charge is 2.13. The Morgan fingerprint density at radius 2 is 2.31 bits per heavy atom. The number of anilines is 1. The molecule has 1 aromatic rings. The number of nitrogens with zero attached hydrogens (tertiary/aromatic N) is 3. The Hall–Kier alpha value is -1.28. The van der Waals surface area contributed by atoms with Crippen molar-refractivity contribution in [3.05, 3.63) is 18.0 Å². The third-order valence-electron chi connectivity index (χ3n) is 2.66. The average molecular weight is 234 g/mol. The van der Waals surface area contributed by atoms with Crippen molar-refractivity contribution >= 4 is 17.7 Å². The summed E-state index contributed by atoms with van der Waals surface area (Å²) in [5, 5.41) is 11.9. The summed E-state index contributed by atoms with van der Waals surface area (Å²) in [4.78, 5) is 8.18. The quantitative estimate of drug-likeness (QED) is 0.865. The predicted molar refractivity (Wildman–Crippen MR) is 65.3 cm³/mol. The molecule has 16 heavy (non-hydrogen) atoms. The van der Waals surface area contributed by atoms with Crippen molar-refractivity contribution in [2.75, 3.05) is 23.4 Å². The van der Waals surface area contributed by atoms with E-state index in [1.54, 1.807) is 12.3 Å². The molecule has 5 heteroatoms. The van der Waals surface area contributed by atoms with E-state index in [9.17, 15) is 0 Å². The van der Waals surface area contributed by atoms with E-state index in [0.717, 1.165) is 12.5 Å². The minimum Gasteiger partial charge on any atom is -0.354 e. The number of rotatable bonds is 3. The topological polar surface area (TPSA) is 61.6 Å². The van der Waals surface area contributed by atoms with Crippen molar-refractivity contribution in [2.24, 2.45) is 5.92 Å². The molecule has 4 nitrogen and oxygen atoms in total. The molecular weight excluding hydrogens is 220 g/mol. The molecule has 0 aromatic carbocycles. The SMILES string of the molecule is N#Cc1ccnc(NCC2CCSCC2)n1. The van der Waals surface area contributed by atoms with Crippen LogP contribution in [-0.2, 0) is 0 Å². The molecule has 84 valence electrons. The normalized spacial score (nSPS) is 16.7. The van der Waals surface area contributed by atoms with Crippen LogP contribution in [0.5, 0.6) is 0 Å². The third kappa shape index (κ3) is 3.11. The fourth-order valence-electron chi connectivity index (χ4n) is 1.69. The zero-order valence-electron chi connectivity index (χ0n) is 9.02. The van der Waals surface area contributed by atoms with Gasteiger partial charge >= 0.3 is 0 Å². The smallest absolute Gasteiger partial charge is 0.223 e. The first kappa shape index (κ1) is 11.2. The standard InChI is InChI=1S/C11H14N4S/c12-7-10-1-4-13-11(15-10)14-8-9-2-5-16-6-3-9/h1,4,9H,2-3,5-6,8H2,(H,13,14,15). The lowest BCUT2D eigenvalue weighted by atomic mass is 10.0. The van der Waals surface area contributed by atoms with Gasteiger partial charge in [-0.25, -0.2) is 9.97 Å². The Morgan fingerprint density at radius 3 is 3.06 bits per heavy atom. The molecule has 2 heterocycles. The van der Waals surface area contributed by atoms with Crippen LogP contribution in [0.25, 0.3) is 0 Å². The Bertz CT molecular complexity index is 382. The summed E-state index contributed by atoms with van der Waals surface area (Å²) in [6.07, 6.45) is 4.13. The molecule has 1 aliphatic heterocycles. The fourth-order valence-corrected chi connectivity index (χ4v) is 2.90. The number of hydrogen-bond acceptors (Lipinski definition) is 5. The van der Waals surface area contributed by atoms with Crippen molar-refractivity contribution in [3.8, 4) is 6.07 Å². The van der Waals surface area contributed by atoms with E-state index in [1.165, 1.54) is 24.3 Å². The van der Waals surface area contributed by atoms with Gasteiger partial charge in [-0.3, -0.25) is 0 Å². The minimum atomic E-state index is 0.414. The number of hydrogen-bond donors (Lipinski definition) is 1. The predicted octanol–water partition coefficient (Wildman–Crippen LogP) is 1.90. The lowest BCUT2D eigenvalue weighted by Crippen LogP contribution is -2.20. The summed E-state index contributed by atoms with van der Waals surface area (Å²) < 4.78 is 0. The van der Waals surface area contributed by atoms with Crippen molar-refractivity contribution in [3.63, 3.8) is 0 Å². The average Bonchev–Trinajstić information content (AvgIpc) is 2.38. The molecule has 1 fully saturated rings. The zero-order valence-corrected chi connectivity index (χ0v) is 9.83. The van der Waals surface area contributed by atoms with E-state index in [-0.39, 0.29) is 0 Å². The van der Waals surface area contributed by atoms with Crippen LogP contribution in [0.3, 0.4) is 0 Å².